The van der Waals surface area contributed by atoms with E-state index in [0.717, 1.165) is 61.3 Å². The summed E-state index contributed by atoms with van der Waals surface area (Å²) in [6, 6.07) is 16.2. The first kappa shape index (κ1) is 41.5. The lowest BCUT2D eigenvalue weighted by Crippen LogP contribution is -2.21. The van der Waals surface area contributed by atoms with Crippen LogP contribution in [0.1, 0.15) is 141 Å². The fraction of sp³-hybridized carbons (Fsp3) is 0.667. The molecule has 2 rings (SSSR count). The van der Waals surface area contributed by atoms with Crippen LogP contribution in [0.25, 0.3) is 11.1 Å². The Morgan fingerprint density at radius 1 is 0.500 bits per heavy atom. The normalized spacial score (nSPS) is 11.4. The molecule has 0 saturated heterocycles. The van der Waals surface area contributed by atoms with E-state index in [-0.39, 0.29) is 25.2 Å². The summed E-state index contributed by atoms with van der Waals surface area (Å²) in [4.78, 5) is 29.5. The number of unbranched alkanes of at least 4 members (excludes halogenated alkanes) is 12. The third-order valence-corrected chi connectivity index (χ3v) is 9.12. The summed E-state index contributed by atoms with van der Waals surface area (Å²) in [6.45, 7) is 9.08. The van der Waals surface area contributed by atoms with E-state index in [1.54, 1.807) is 0 Å². The second-order valence-corrected chi connectivity index (χ2v) is 13.8. The quantitative estimate of drug-likeness (QED) is 0.0637. The Hall–Kier alpha value is -2.70. The van der Waals surface area contributed by atoms with Crippen molar-refractivity contribution in [3.05, 3.63) is 59.7 Å². The molecule has 0 spiro atoms. The van der Waals surface area contributed by atoms with Gasteiger partial charge in [-0.25, -0.2) is 0 Å². The predicted molar refractivity (Wildman–Crippen MR) is 201 cm³/mol. The van der Waals surface area contributed by atoms with E-state index in [4.69, 9.17) is 9.47 Å². The minimum Gasteiger partial charge on any atom is -0.461 e. The Bertz CT molecular complexity index is 1030. The van der Waals surface area contributed by atoms with E-state index < -0.39 is 0 Å². The molecule has 0 N–H and O–H groups in total. The summed E-state index contributed by atoms with van der Waals surface area (Å²) < 4.78 is 11.2. The third kappa shape index (κ3) is 20.6. The highest BCUT2D eigenvalue weighted by atomic mass is 16.5. The van der Waals surface area contributed by atoms with Gasteiger partial charge >= 0.3 is 11.9 Å². The van der Waals surface area contributed by atoms with Crippen molar-refractivity contribution in [2.45, 2.75) is 143 Å². The summed E-state index contributed by atoms with van der Waals surface area (Å²) in [5, 5.41) is 0. The van der Waals surface area contributed by atoms with Gasteiger partial charge < -0.3 is 19.3 Å². The maximum absolute atomic E-state index is 12.4. The van der Waals surface area contributed by atoms with Crippen LogP contribution in [-0.2, 0) is 32.3 Å². The maximum atomic E-state index is 12.4. The molecule has 270 valence electrons. The molecule has 0 aromatic heterocycles. The zero-order valence-electron chi connectivity index (χ0n) is 31.1. The van der Waals surface area contributed by atoms with Gasteiger partial charge in [-0.05, 0) is 100 Å². The van der Waals surface area contributed by atoms with Crippen molar-refractivity contribution in [3.63, 3.8) is 0 Å². The molecule has 0 aliphatic rings. The van der Waals surface area contributed by atoms with Crippen LogP contribution < -0.4 is 0 Å². The molecule has 2 aromatic rings. The van der Waals surface area contributed by atoms with E-state index in [2.05, 4.69) is 62.0 Å². The number of carbonyl (C=O) groups excluding carboxylic acids is 2. The fourth-order valence-electron chi connectivity index (χ4n) is 6.04. The Morgan fingerprint density at radius 3 is 1.25 bits per heavy atom. The minimum atomic E-state index is -0.145. The first-order chi connectivity index (χ1) is 23.4. The predicted octanol–water partition coefficient (Wildman–Crippen LogP) is 10.4. The van der Waals surface area contributed by atoms with Gasteiger partial charge in [-0.15, -0.1) is 0 Å². The van der Waals surface area contributed by atoms with Crippen molar-refractivity contribution in [1.82, 2.24) is 9.80 Å². The van der Waals surface area contributed by atoms with Crippen molar-refractivity contribution in [3.8, 4) is 11.1 Å². The van der Waals surface area contributed by atoms with E-state index in [9.17, 15) is 9.59 Å². The van der Waals surface area contributed by atoms with E-state index >= 15 is 0 Å². The van der Waals surface area contributed by atoms with Crippen molar-refractivity contribution in [2.75, 3.05) is 40.3 Å². The highest BCUT2D eigenvalue weighted by molar-refractivity contribution is 5.70. The van der Waals surface area contributed by atoms with Gasteiger partial charge in [0.1, 0.15) is 13.2 Å². The van der Waals surface area contributed by atoms with Gasteiger partial charge in [0.2, 0.25) is 0 Å². The first-order valence-electron chi connectivity index (χ1n) is 19.3. The van der Waals surface area contributed by atoms with E-state index in [1.807, 2.05) is 24.3 Å². The van der Waals surface area contributed by atoms with Gasteiger partial charge in [0.25, 0.3) is 0 Å². The fourth-order valence-corrected chi connectivity index (χ4v) is 6.04. The molecule has 48 heavy (non-hydrogen) atoms. The van der Waals surface area contributed by atoms with Crippen LogP contribution in [0.15, 0.2) is 48.5 Å². The number of esters is 2. The second-order valence-electron chi connectivity index (χ2n) is 13.8. The van der Waals surface area contributed by atoms with Crippen LogP contribution >= 0.6 is 0 Å². The molecular formula is C42H68N2O4. The van der Waals surface area contributed by atoms with Crippen molar-refractivity contribution >= 4 is 11.9 Å². The standard InChI is InChI=1S/C42H68N2O4/c1-5-7-9-11-13-15-17-29-43(3)31-21-27-41(45)47-35-37-23-19-25-39(33-37)40-26-20-24-38(34-40)36-48-42(46)28-22-32-44(4)30-18-16-14-12-10-8-6-2/h19-20,23-26,33-34H,5-18,21-22,27-32,35-36H2,1-4H3. The SMILES string of the molecule is CCCCCCCCCN(C)CCCC(=O)OCc1cccc(-c2cccc(COC(=O)CCCN(C)CCCCCCCCC)c2)c1. The van der Waals surface area contributed by atoms with Crippen LogP contribution in [0.2, 0.25) is 0 Å². The number of ether oxygens (including phenoxy) is 2. The molecule has 0 atom stereocenters. The zero-order valence-corrected chi connectivity index (χ0v) is 31.1. The van der Waals surface area contributed by atoms with Gasteiger partial charge in [0.15, 0.2) is 0 Å². The van der Waals surface area contributed by atoms with Gasteiger partial charge in [0, 0.05) is 12.8 Å². The molecule has 0 fully saturated rings. The molecule has 0 unspecified atom stereocenters. The van der Waals surface area contributed by atoms with E-state index in [0.29, 0.717) is 12.8 Å². The highest BCUT2D eigenvalue weighted by Crippen LogP contribution is 2.23. The Labute approximate surface area is 294 Å². The molecular weight excluding hydrogens is 596 g/mol. The summed E-state index contributed by atoms with van der Waals surface area (Å²) in [5.74, 6) is -0.290. The molecule has 0 aliphatic carbocycles. The zero-order chi connectivity index (χ0) is 34.7. The molecule has 6 heteroatoms. The molecule has 0 radical (unpaired) electrons. The number of carbonyl (C=O) groups is 2. The summed E-state index contributed by atoms with van der Waals surface area (Å²) in [5.41, 5.74) is 4.02. The first-order valence-corrected chi connectivity index (χ1v) is 19.3. The molecule has 0 heterocycles. The second kappa shape index (κ2) is 27.2. The van der Waals surface area contributed by atoms with Crippen molar-refractivity contribution in [1.29, 1.82) is 0 Å². The van der Waals surface area contributed by atoms with E-state index in [1.165, 1.54) is 89.9 Å². The van der Waals surface area contributed by atoms with Crippen LogP contribution in [0, 0.1) is 0 Å². The number of hydrogen-bond acceptors (Lipinski definition) is 6. The lowest BCUT2D eigenvalue weighted by molar-refractivity contribution is -0.146. The summed E-state index contributed by atoms with van der Waals surface area (Å²) in [7, 11) is 4.29. The minimum absolute atomic E-state index is 0.145. The Kier molecular flexibility index (Phi) is 23.5. The topological polar surface area (TPSA) is 59.1 Å². The van der Waals surface area contributed by atoms with Crippen LogP contribution in [-0.4, -0.2) is 62.0 Å². The largest absolute Gasteiger partial charge is 0.461 e. The number of hydrogen-bond donors (Lipinski definition) is 0. The number of rotatable bonds is 29. The average molecular weight is 665 g/mol. The lowest BCUT2D eigenvalue weighted by atomic mass is 10.0. The van der Waals surface area contributed by atoms with Crippen LogP contribution in [0.5, 0.6) is 0 Å². The van der Waals surface area contributed by atoms with Crippen molar-refractivity contribution in [2.24, 2.45) is 0 Å². The van der Waals surface area contributed by atoms with Gasteiger partial charge in [0.05, 0.1) is 0 Å². The van der Waals surface area contributed by atoms with Crippen LogP contribution in [0.4, 0.5) is 0 Å². The Balaban J connectivity index is 1.63. The number of benzene rings is 2. The molecule has 0 aliphatic heterocycles. The monoisotopic (exact) mass is 665 g/mol. The molecule has 0 saturated carbocycles. The van der Waals surface area contributed by atoms with Gasteiger partial charge in [-0.2, -0.15) is 0 Å². The summed E-state index contributed by atoms with van der Waals surface area (Å²) >= 11 is 0. The molecule has 0 amide bonds. The molecule has 6 nitrogen and oxygen atoms in total. The maximum Gasteiger partial charge on any atom is 0.306 e. The average Bonchev–Trinajstić information content (AvgIpc) is 3.09. The molecule has 0 bridgehead atoms. The Morgan fingerprint density at radius 2 is 0.854 bits per heavy atom. The molecule has 2 aromatic carbocycles. The highest BCUT2D eigenvalue weighted by Gasteiger charge is 2.09. The third-order valence-electron chi connectivity index (χ3n) is 9.12. The van der Waals surface area contributed by atoms with Gasteiger partial charge in [-0.1, -0.05) is 127 Å². The van der Waals surface area contributed by atoms with Crippen molar-refractivity contribution < 1.29 is 19.1 Å². The smallest absolute Gasteiger partial charge is 0.306 e. The number of nitrogens with zero attached hydrogens (tertiary/aromatic N) is 2. The summed E-state index contributed by atoms with van der Waals surface area (Å²) in [6.07, 6.45) is 21.0. The van der Waals surface area contributed by atoms with Crippen LogP contribution in [0.3, 0.4) is 0 Å². The lowest BCUT2D eigenvalue weighted by Gasteiger charge is -2.16. The van der Waals surface area contributed by atoms with Gasteiger partial charge in [-0.3, -0.25) is 9.59 Å².